The van der Waals surface area contributed by atoms with Crippen LogP contribution >= 0.6 is 23.2 Å². The van der Waals surface area contributed by atoms with Crippen molar-refractivity contribution in [2.24, 2.45) is 0 Å². The molecule has 1 aliphatic heterocycles. The minimum atomic E-state index is -0.174. The molecule has 0 atom stereocenters. The molecule has 0 aromatic heterocycles. The van der Waals surface area contributed by atoms with Crippen LogP contribution < -0.4 is 4.90 Å². The fourth-order valence-corrected chi connectivity index (χ4v) is 3.26. The van der Waals surface area contributed by atoms with Crippen molar-refractivity contribution in [3.05, 3.63) is 57.6 Å². The van der Waals surface area contributed by atoms with Crippen molar-refractivity contribution in [1.29, 1.82) is 0 Å². The van der Waals surface area contributed by atoms with Crippen LogP contribution in [-0.2, 0) is 0 Å². The van der Waals surface area contributed by atoms with Crippen LogP contribution in [0.3, 0.4) is 0 Å². The fraction of sp³-hybridized carbons (Fsp3) is 0.278. The molecule has 3 rings (SSSR count). The normalized spacial score (nSPS) is 14.8. The van der Waals surface area contributed by atoms with Crippen molar-refractivity contribution < 1.29 is 9.90 Å². The van der Waals surface area contributed by atoms with Gasteiger partial charge in [0.2, 0.25) is 0 Å². The van der Waals surface area contributed by atoms with Crippen LogP contribution in [0.1, 0.15) is 15.9 Å². The lowest BCUT2D eigenvalue weighted by molar-refractivity contribution is 0.0744. The van der Waals surface area contributed by atoms with E-state index in [1.54, 1.807) is 17.0 Å². The average molecular weight is 365 g/mol. The first kappa shape index (κ1) is 16.9. The van der Waals surface area contributed by atoms with Crippen LogP contribution in [0.4, 0.5) is 5.69 Å². The fourth-order valence-electron chi connectivity index (χ4n) is 2.93. The summed E-state index contributed by atoms with van der Waals surface area (Å²) < 4.78 is 0. The van der Waals surface area contributed by atoms with E-state index in [2.05, 4.69) is 11.8 Å². The van der Waals surface area contributed by atoms with Crippen LogP contribution in [0.15, 0.2) is 36.4 Å². The molecule has 2 aromatic rings. The van der Waals surface area contributed by atoms with Crippen LogP contribution in [0.25, 0.3) is 0 Å². The monoisotopic (exact) mass is 364 g/mol. The minimum Gasteiger partial charge on any atom is -0.507 e. The van der Waals surface area contributed by atoms with Gasteiger partial charge in [0.1, 0.15) is 5.75 Å². The van der Waals surface area contributed by atoms with Gasteiger partial charge in [-0.25, -0.2) is 0 Å². The van der Waals surface area contributed by atoms with Gasteiger partial charge in [0.05, 0.1) is 5.56 Å². The van der Waals surface area contributed by atoms with Gasteiger partial charge in [0, 0.05) is 41.9 Å². The third-order valence-corrected chi connectivity index (χ3v) is 4.74. The van der Waals surface area contributed by atoms with Gasteiger partial charge in [-0.15, -0.1) is 0 Å². The van der Waals surface area contributed by atoms with Crippen molar-refractivity contribution in [3.63, 3.8) is 0 Å². The lowest BCUT2D eigenvalue weighted by Gasteiger charge is -2.37. The van der Waals surface area contributed by atoms with E-state index in [9.17, 15) is 9.90 Å². The van der Waals surface area contributed by atoms with E-state index >= 15 is 0 Å². The highest BCUT2D eigenvalue weighted by molar-refractivity contribution is 6.31. The first-order chi connectivity index (χ1) is 11.5. The number of piperazine rings is 1. The zero-order valence-corrected chi connectivity index (χ0v) is 14.8. The Balaban J connectivity index is 1.70. The van der Waals surface area contributed by atoms with E-state index in [4.69, 9.17) is 23.2 Å². The minimum absolute atomic E-state index is 0.0828. The van der Waals surface area contributed by atoms with Crippen LogP contribution in [0, 0.1) is 6.92 Å². The van der Waals surface area contributed by atoms with E-state index in [0.717, 1.165) is 24.3 Å². The molecule has 0 radical (unpaired) electrons. The van der Waals surface area contributed by atoms with E-state index in [1.165, 1.54) is 6.07 Å². The molecule has 1 heterocycles. The highest BCUT2D eigenvalue weighted by Gasteiger charge is 2.24. The van der Waals surface area contributed by atoms with Crippen LogP contribution in [0.5, 0.6) is 5.75 Å². The van der Waals surface area contributed by atoms with Crippen molar-refractivity contribution in [2.45, 2.75) is 6.92 Å². The Morgan fingerprint density at radius 3 is 2.29 bits per heavy atom. The second kappa shape index (κ2) is 6.91. The molecule has 0 saturated carbocycles. The number of halogens is 2. The summed E-state index contributed by atoms with van der Waals surface area (Å²) in [5.74, 6) is -0.257. The van der Waals surface area contributed by atoms with Gasteiger partial charge >= 0.3 is 0 Å². The molecular weight excluding hydrogens is 347 g/mol. The highest BCUT2D eigenvalue weighted by atomic mass is 35.5. The largest absolute Gasteiger partial charge is 0.507 e. The molecule has 1 amide bonds. The van der Waals surface area contributed by atoms with Gasteiger partial charge in [0.25, 0.3) is 5.91 Å². The third-order valence-electron chi connectivity index (χ3n) is 4.27. The lowest BCUT2D eigenvalue weighted by Crippen LogP contribution is -2.49. The molecule has 1 saturated heterocycles. The Kier molecular flexibility index (Phi) is 4.88. The van der Waals surface area contributed by atoms with Gasteiger partial charge in [0.15, 0.2) is 0 Å². The maximum Gasteiger partial charge on any atom is 0.257 e. The maximum absolute atomic E-state index is 12.6. The zero-order valence-electron chi connectivity index (χ0n) is 13.3. The topological polar surface area (TPSA) is 43.8 Å². The number of anilines is 1. The number of rotatable bonds is 2. The number of hydrogen-bond acceptors (Lipinski definition) is 3. The number of carbonyl (C=O) groups is 1. The molecule has 126 valence electrons. The summed E-state index contributed by atoms with van der Waals surface area (Å²) in [6.07, 6.45) is 0. The summed E-state index contributed by atoms with van der Waals surface area (Å²) in [5.41, 5.74) is 2.55. The Morgan fingerprint density at radius 1 is 1.00 bits per heavy atom. The standard InChI is InChI=1S/C18H18Cl2N2O2/c1-12-2-3-13(19)10-16(12)21-6-8-22(9-7-21)18(24)15-5-4-14(20)11-17(15)23/h2-5,10-11,23H,6-9H2,1H3. The molecule has 24 heavy (non-hydrogen) atoms. The first-order valence-electron chi connectivity index (χ1n) is 7.74. The Bertz CT molecular complexity index is 772. The van der Waals surface area contributed by atoms with Crippen molar-refractivity contribution >= 4 is 34.8 Å². The summed E-state index contributed by atoms with van der Waals surface area (Å²) in [4.78, 5) is 16.6. The molecule has 6 heteroatoms. The molecule has 0 bridgehead atoms. The van der Waals surface area contributed by atoms with Crippen LogP contribution in [0.2, 0.25) is 10.0 Å². The first-order valence-corrected chi connectivity index (χ1v) is 8.50. The molecule has 1 N–H and O–H groups in total. The predicted molar refractivity (Wildman–Crippen MR) is 97.4 cm³/mol. The van der Waals surface area contributed by atoms with Gasteiger partial charge in [-0.05, 0) is 42.8 Å². The number of hydrogen-bond donors (Lipinski definition) is 1. The summed E-state index contributed by atoms with van der Waals surface area (Å²) in [6, 6.07) is 10.4. The smallest absolute Gasteiger partial charge is 0.257 e. The van der Waals surface area contributed by atoms with E-state index in [0.29, 0.717) is 23.1 Å². The SMILES string of the molecule is Cc1ccc(Cl)cc1N1CCN(C(=O)c2ccc(Cl)cc2O)CC1. The van der Waals surface area contributed by atoms with E-state index < -0.39 is 0 Å². The number of carbonyl (C=O) groups excluding carboxylic acids is 1. The highest BCUT2D eigenvalue weighted by Crippen LogP contribution is 2.27. The Labute approximate surface area is 151 Å². The predicted octanol–water partition coefficient (Wildman–Crippen LogP) is 3.97. The number of aryl methyl sites for hydroxylation is 1. The molecule has 0 spiro atoms. The number of amides is 1. The van der Waals surface area contributed by atoms with Gasteiger partial charge in [-0.1, -0.05) is 29.3 Å². The maximum atomic E-state index is 12.6. The van der Waals surface area contributed by atoms with Crippen molar-refractivity contribution in [2.75, 3.05) is 31.1 Å². The van der Waals surface area contributed by atoms with Crippen molar-refractivity contribution in [1.82, 2.24) is 4.90 Å². The molecule has 0 aliphatic carbocycles. The molecule has 1 fully saturated rings. The molecule has 4 nitrogen and oxygen atoms in total. The Hall–Kier alpha value is -1.91. The second-order valence-corrected chi connectivity index (χ2v) is 6.74. The Morgan fingerprint density at radius 2 is 1.62 bits per heavy atom. The number of aromatic hydroxyl groups is 1. The number of phenolic OH excluding ortho intramolecular Hbond substituents is 1. The third kappa shape index (κ3) is 3.45. The van der Waals surface area contributed by atoms with Gasteiger partial charge in [-0.3, -0.25) is 4.79 Å². The second-order valence-electron chi connectivity index (χ2n) is 5.87. The molecule has 1 aliphatic rings. The van der Waals surface area contributed by atoms with Crippen LogP contribution in [-0.4, -0.2) is 42.1 Å². The van der Waals surface area contributed by atoms with Crippen molar-refractivity contribution in [3.8, 4) is 5.75 Å². The average Bonchev–Trinajstić information content (AvgIpc) is 2.57. The summed E-state index contributed by atoms with van der Waals surface area (Å²) >= 11 is 11.9. The summed E-state index contributed by atoms with van der Waals surface area (Å²) in [5, 5.41) is 11.0. The summed E-state index contributed by atoms with van der Waals surface area (Å²) in [6.45, 7) is 4.68. The van der Waals surface area contributed by atoms with Gasteiger partial charge < -0.3 is 14.9 Å². The van der Waals surface area contributed by atoms with E-state index in [1.807, 2.05) is 18.2 Å². The van der Waals surface area contributed by atoms with Gasteiger partial charge in [-0.2, -0.15) is 0 Å². The number of benzene rings is 2. The zero-order chi connectivity index (χ0) is 17.3. The number of phenols is 1. The van der Waals surface area contributed by atoms with E-state index in [-0.39, 0.29) is 17.2 Å². The molecule has 0 unspecified atom stereocenters. The number of nitrogens with zero attached hydrogens (tertiary/aromatic N) is 2. The lowest BCUT2D eigenvalue weighted by atomic mass is 10.1. The summed E-state index contributed by atoms with van der Waals surface area (Å²) in [7, 11) is 0. The quantitative estimate of drug-likeness (QED) is 0.876. The molecule has 2 aromatic carbocycles. The molecular formula is C18H18Cl2N2O2.